The SMILES string of the molecule is Cc1c(CC(=O)O)c2n3cc(nc3c1C#N)-c1cccc(c1)-c1cc(F)c(F)cc1OCCOCCOC1(C)CCN2CC1. The first-order valence-electron chi connectivity index (χ1n) is 14.5. The number of rotatable bonds is 2. The number of ether oxygens (including phenoxy) is 3. The molecular formula is C33H32F2N4O5. The van der Waals surface area contributed by atoms with Crippen LogP contribution in [0, 0.1) is 29.9 Å². The number of aliphatic carboxylic acids is 1. The number of imidazole rings is 1. The van der Waals surface area contributed by atoms with Crippen LogP contribution in [-0.2, 0) is 20.7 Å². The molecule has 228 valence electrons. The fourth-order valence-corrected chi connectivity index (χ4v) is 6.04. The number of hydrogen-bond acceptors (Lipinski definition) is 7. The van der Waals surface area contributed by atoms with E-state index < -0.39 is 23.2 Å². The zero-order valence-electron chi connectivity index (χ0n) is 24.5. The Hall–Kier alpha value is -4.53. The first-order chi connectivity index (χ1) is 21.2. The number of nitrogens with zero attached hydrogens (tertiary/aromatic N) is 4. The minimum atomic E-state index is -1.02. The normalized spacial score (nSPS) is 16.8. The van der Waals surface area contributed by atoms with E-state index in [0.717, 1.165) is 12.1 Å². The predicted molar refractivity (Wildman–Crippen MR) is 159 cm³/mol. The van der Waals surface area contributed by atoms with Crippen molar-refractivity contribution >= 4 is 17.4 Å². The zero-order valence-corrected chi connectivity index (χ0v) is 24.5. The fraction of sp³-hybridized carbons (Fsp3) is 0.364. The van der Waals surface area contributed by atoms with Crippen LogP contribution >= 0.6 is 0 Å². The Kier molecular flexibility index (Phi) is 7.97. The summed E-state index contributed by atoms with van der Waals surface area (Å²) in [4.78, 5) is 19.0. The lowest BCUT2D eigenvalue weighted by atomic mass is 9.92. The molecule has 0 amide bonds. The number of pyridine rings is 1. The molecule has 1 saturated heterocycles. The van der Waals surface area contributed by atoms with Crippen LogP contribution in [0.25, 0.3) is 28.0 Å². The molecule has 0 spiro atoms. The van der Waals surface area contributed by atoms with Crippen LogP contribution in [0.5, 0.6) is 5.75 Å². The standard InChI is InChI=1S/C33H32F2N4O5/c1-20-23(16-30(40)41)32-38-8-6-33(2,7-9-38)44-13-11-42-10-12-43-29-17-27(35)26(34)15-24(29)21-4-3-5-22(14-21)28-19-39(32)31(37-28)25(20)18-36/h3-5,14-15,17,19H,6-13,16H2,1-2H3,(H,40,41). The van der Waals surface area contributed by atoms with Crippen LogP contribution in [0.3, 0.4) is 0 Å². The third kappa shape index (κ3) is 5.58. The summed E-state index contributed by atoms with van der Waals surface area (Å²) < 4.78 is 48.3. The quantitative estimate of drug-likeness (QED) is 0.298. The molecule has 5 heterocycles. The lowest BCUT2D eigenvalue weighted by molar-refractivity contribution is -0.136. The third-order valence-electron chi connectivity index (χ3n) is 8.47. The number of piperidine rings is 1. The molecule has 9 nitrogen and oxygen atoms in total. The minimum Gasteiger partial charge on any atom is -0.490 e. The molecule has 1 fully saturated rings. The Morgan fingerprint density at radius 2 is 1.82 bits per heavy atom. The van der Waals surface area contributed by atoms with Gasteiger partial charge in [0, 0.05) is 42.0 Å². The van der Waals surface area contributed by atoms with E-state index in [4.69, 9.17) is 19.2 Å². The largest absolute Gasteiger partial charge is 0.490 e. The molecule has 3 aliphatic rings. The summed E-state index contributed by atoms with van der Waals surface area (Å²) in [5, 5.41) is 20.0. The molecule has 2 aromatic carbocycles. The monoisotopic (exact) mass is 602 g/mol. The number of aromatic nitrogens is 2. The molecule has 2 aromatic heterocycles. The molecule has 0 aliphatic carbocycles. The predicted octanol–water partition coefficient (Wildman–Crippen LogP) is 5.54. The van der Waals surface area contributed by atoms with Crippen molar-refractivity contribution in [1.82, 2.24) is 9.38 Å². The molecule has 11 heteroatoms. The van der Waals surface area contributed by atoms with E-state index in [9.17, 15) is 23.9 Å². The molecule has 0 atom stereocenters. The Morgan fingerprint density at radius 1 is 1.09 bits per heavy atom. The van der Waals surface area contributed by atoms with E-state index in [-0.39, 0.29) is 25.4 Å². The smallest absolute Gasteiger partial charge is 0.307 e. The Balaban J connectivity index is 1.55. The van der Waals surface area contributed by atoms with Gasteiger partial charge in [0.1, 0.15) is 24.2 Å². The van der Waals surface area contributed by atoms with Gasteiger partial charge in [-0.3, -0.25) is 9.20 Å². The Morgan fingerprint density at radius 3 is 2.57 bits per heavy atom. The van der Waals surface area contributed by atoms with E-state index in [0.29, 0.717) is 89.7 Å². The van der Waals surface area contributed by atoms with Gasteiger partial charge in [-0.25, -0.2) is 13.8 Å². The van der Waals surface area contributed by atoms with Crippen molar-refractivity contribution in [3.05, 3.63) is 70.9 Å². The van der Waals surface area contributed by atoms with E-state index in [1.165, 1.54) is 0 Å². The van der Waals surface area contributed by atoms with Crippen LogP contribution in [0.4, 0.5) is 14.6 Å². The van der Waals surface area contributed by atoms with Gasteiger partial charge >= 0.3 is 5.97 Å². The Labute approximate surface area is 253 Å². The second-order valence-electron chi connectivity index (χ2n) is 11.4. The molecule has 1 N–H and O–H groups in total. The molecule has 6 bridgehead atoms. The lowest BCUT2D eigenvalue weighted by Gasteiger charge is -2.41. The summed E-state index contributed by atoms with van der Waals surface area (Å²) in [6, 6.07) is 11.6. The van der Waals surface area contributed by atoms with Crippen molar-refractivity contribution in [3.8, 4) is 34.2 Å². The topological polar surface area (TPSA) is 109 Å². The highest BCUT2D eigenvalue weighted by Gasteiger charge is 2.34. The average Bonchev–Trinajstić information content (AvgIpc) is 3.44. The van der Waals surface area contributed by atoms with E-state index in [1.807, 2.05) is 10.5 Å². The van der Waals surface area contributed by atoms with Gasteiger partial charge in [0.05, 0.1) is 43.1 Å². The number of benzene rings is 2. The Bertz CT molecular complexity index is 1790. The van der Waals surface area contributed by atoms with Gasteiger partial charge < -0.3 is 24.2 Å². The van der Waals surface area contributed by atoms with Crippen molar-refractivity contribution < 1.29 is 32.9 Å². The summed E-state index contributed by atoms with van der Waals surface area (Å²) >= 11 is 0. The molecule has 7 rings (SSSR count). The minimum absolute atomic E-state index is 0.133. The maximum absolute atomic E-state index is 14.5. The van der Waals surface area contributed by atoms with Crippen LogP contribution in [0.15, 0.2) is 42.6 Å². The first-order valence-corrected chi connectivity index (χ1v) is 14.5. The summed E-state index contributed by atoms with van der Waals surface area (Å²) in [6.07, 6.45) is 2.95. The highest BCUT2D eigenvalue weighted by Crippen LogP contribution is 2.38. The molecular weight excluding hydrogens is 570 g/mol. The van der Waals surface area contributed by atoms with Gasteiger partial charge in [-0.2, -0.15) is 5.26 Å². The number of fused-ring (bicyclic) bond motifs is 8. The molecule has 4 aromatic rings. The van der Waals surface area contributed by atoms with Crippen LogP contribution < -0.4 is 9.64 Å². The van der Waals surface area contributed by atoms with Gasteiger partial charge in [0.25, 0.3) is 0 Å². The lowest BCUT2D eigenvalue weighted by Crippen LogP contribution is -2.45. The highest BCUT2D eigenvalue weighted by molar-refractivity contribution is 5.80. The summed E-state index contributed by atoms with van der Waals surface area (Å²) in [7, 11) is 0. The summed E-state index contributed by atoms with van der Waals surface area (Å²) in [5.74, 6) is -2.17. The van der Waals surface area contributed by atoms with Gasteiger partial charge in [-0.1, -0.05) is 18.2 Å². The number of carboxylic acids is 1. The number of carbonyl (C=O) groups is 1. The number of anilines is 1. The maximum Gasteiger partial charge on any atom is 0.307 e. The maximum atomic E-state index is 14.5. The molecule has 0 unspecified atom stereocenters. The van der Waals surface area contributed by atoms with Crippen LogP contribution in [-0.4, -0.2) is 65.6 Å². The molecule has 0 radical (unpaired) electrons. The van der Waals surface area contributed by atoms with E-state index in [2.05, 4.69) is 17.9 Å². The van der Waals surface area contributed by atoms with Gasteiger partial charge in [-0.05, 0) is 49.9 Å². The van der Waals surface area contributed by atoms with Crippen molar-refractivity contribution in [3.63, 3.8) is 0 Å². The van der Waals surface area contributed by atoms with Crippen molar-refractivity contribution in [2.45, 2.75) is 38.7 Å². The number of hydrogen-bond donors (Lipinski definition) is 1. The van der Waals surface area contributed by atoms with Crippen molar-refractivity contribution in [1.29, 1.82) is 5.26 Å². The number of carboxylic acid groups (broad SMARTS) is 1. The zero-order chi connectivity index (χ0) is 31.0. The fourth-order valence-electron chi connectivity index (χ4n) is 6.04. The second kappa shape index (κ2) is 11.9. The molecule has 0 saturated carbocycles. The van der Waals surface area contributed by atoms with Crippen LogP contribution in [0.2, 0.25) is 0 Å². The van der Waals surface area contributed by atoms with Crippen molar-refractivity contribution in [2.75, 3.05) is 44.4 Å². The molecule has 44 heavy (non-hydrogen) atoms. The number of halogens is 2. The molecule has 3 aliphatic heterocycles. The average molecular weight is 603 g/mol. The van der Waals surface area contributed by atoms with E-state index in [1.54, 1.807) is 31.3 Å². The van der Waals surface area contributed by atoms with Gasteiger partial charge in [-0.15, -0.1) is 0 Å². The second-order valence-corrected chi connectivity index (χ2v) is 11.4. The summed E-state index contributed by atoms with van der Waals surface area (Å²) in [6.45, 7) is 6.12. The highest BCUT2D eigenvalue weighted by atomic mass is 19.2. The van der Waals surface area contributed by atoms with Crippen LogP contribution in [0.1, 0.15) is 36.5 Å². The van der Waals surface area contributed by atoms with Gasteiger partial charge in [0.2, 0.25) is 0 Å². The summed E-state index contributed by atoms with van der Waals surface area (Å²) in [5.41, 5.74) is 3.60. The third-order valence-corrected chi connectivity index (χ3v) is 8.47. The first kappa shape index (κ1) is 29.5. The van der Waals surface area contributed by atoms with Crippen molar-refractivity contribution in [2.24, 2.45) is 0 Å². The number of nitriles is 1. The van der Waals surface area contributed by atoms with Gasteiger partial charge in [0.15, 0.2) is 17.3 Å². The van der Waals surface area contributed by atoms with E-state index >= 15 is 0 Å².